The van der Waals surface area contributed by atoms with Crippen LogP contribution >= 0.6 is 23.4 Å². The van der Waals surface area contributed by atoms with Gasteiger partial charge >= 0.3 is 0 Å². The molecule has 25 heavy (non-hydrogen) atoms. The summed E-state index contributed by atoms with van der Waals surface area (Å²) in [6.07, 6.45) is 0. The second-order valence-corrected chi connectivity index (χ2v) is 6.92. The number of amides is 1. The van der Waals surface area contributed by atoms with Crippen LogP contribution in [0.1, 0.15) is 27.4 Å². The quantitative estimate of drug-likeness (QED) is 0.628. The molecule has 6 heteroatoms. The Balaban J connectivity index is 1.67. The van der Waals surface area contributed by atoms with Crippen molar-refractivity contribution in [2.45, 2.75) is 24.1 Å². The number of aromatic nitrogens is 1. The maximum atomic E-state index is 12.6. The van der Waals surface area contributed by atoms with E-state index < -0.39 is 0 Å². The van der Waals surface area contributed by atoms with E-state index in [-0.39, 0.29) is 5.91 Å². The maximum Gasteiger partial charge on any atom is 0.252 e. The second-order valence-electron chi connectivity index (χ2n) is 5.49. The minimum absolute atomic E-state index is 0.128. The van der Waals surface area contributed by atoms with E-state index in [1.807, 2.05) is 61.5 Å². The number of aryl methyl sites for hydroxylation is 1. The lowest BCUT2D eigenvalue weighted by molar-refractivity contribution is 0.0948. The predicted octanol–water partition coefficient (Wildman–Crippen LogP) is 4.86. The van der Waals surface area contributed by atoms with Crippen molar-refractivity contribution in [2.24, 2.45) is 0 Å². The molecule has 0 aliphatic rings. The van der Waals surface area contributed by atoms with E-state index >= 15 is 0 Å². The number of carbonyl (C=O) groups is 1. The van der Waals surface area contributed by atoms with Crippen molar-refractivity contribution >= 4 is 29.3 Å². The zero-order valence-corrected chi connectivity index (χ0v) is 15.2. The fourth-order valence-electron chi connectivity index (χ4n) is 2.33. The van der Waals surface area contributed by atoms with E-state index in [0.29, 0.717) is 22.9 Å². The number of thioether (sulfide) groups is 1. The summed E-state index contributed by atoms with van der Waals surface area (Å²) in [5.74, 6) is 1.28. The molecular formula is C19H17ClN2O2S. The van der Waals surface area contributed by atoms with Crippen LogP contribution in [0.3, 0.4) is 0 Å². The van der Waals surface area contributed by atoms with Crippen LogP contribution in [0.25, 0.3) is 0 Å². The predicted molar refractivity (Wildman–Crippen MR) is 99.9 cm³/mol. The standard InChI is InChI=1S/C19H17ClN2O2S/c1-13-10-15(24-22-13)12-25-18-9-5-3-7-16(18)19(23)21-11-14-6-2-4-8-17(14)20/h2-10H,11-12H2,1H3,(H,21,23). The van der Waals surface area contributed by atoms with Crippen LogP contribution in [0.5, 0.6) is 0 Å². The molecule has 0 fully saturated rings. The average molecular weight is 373 g/mol. The Morgan fingerprint density at radius 2 is 1.96 bits per heavy atom. The number of hydrogen-bond acceptors (Lipinski definition) is 4. The van der Waals surface area contributed by atoms with Crippen LogP contribution in [0.2, 0.25) is 5.02 Å². The first-order valence-electron chi connectivity index (χ1n) is 7.79. The monoisotopic (exact) mass is 372 g/mol. The van der Waals surface area contributed by atoms with Gasteiger partial charge in [-0.15, -0.1) is 11.8 Å². The molecule has 0 saturated heterocycles. The van der Waals surface area contributed by atoms with Crippen molar-refractivity contribution in [3.8, 4) is 0 Å². The molecule has 1 amide bonds. The summed E-state index contributed by atoms with van der Waals surface area (Å²) in [4.78, 5) is 13.5. The summed E-state index contributed by atoms with van der Waals surface area (Å²) in [5.41, 5.74) is 2.37. The molecule has 1 aromatic heterocycles. The molecule has 0 saturated carbocycles. The van der Waals surface area contributed by atoms with Gasteiger partial charge in [0.2, 0.25) is 0 Å². The first-order chi connectivity index (χ1) is 12.1. The van der Waals surface area contributed by atoms with Gasteiger partial charge in [-0.1, -0.05) is 47.1 Å². The fraction of sp³-hybridized carbons (Fsp3) is 0.158. The van der Waals surface area contributed by atoms with Gasteiger partial charge in [0.1, 0.15) is 5.76 Å². The molecule has 3 aromatic rings. The van der Waals surface area contributed by atoms with Gasteiger partial charge in [0, 0.05) is 22.5 Å². The highest BCUT2D eigenvalue weighted by molar-refractivity contribution is 7.98. The molecule has 1 N–H and O–H groups in total. The molecule has 0 aliphatic heterocycles. The summed E-state index contributed by atoms with van der Waals surface area (Å²) in [6.45, 7) is 2.27. The largest absolute Gasteiger partial charge is 0.360 e. The molecule has 0 unspecified atom stereocenters. The van der Waals surface area contributed by atoms with Gasteiger partial charge in [0.25, 0.3) is 5.91 Å². The van der Waals surface area contributed by atoms with Crippen LogP contribution in [-0.2, 0) is 12.3 Å². The third kappa shape index (κ3) is 4.65. The molecule has 2 aromatic carbocycles. The van der Waals surface area contributed by atoms with Crippen molar-refractivity contribution in [3.63, 3.8) is 0 Å². The van der Waals surface area contributed by atoms with E-state index in [9.17, 15) is 4.79 Å². The van der Waals surface area contributed by atoms with Crippen molar-refractivity contribution in [1.29, 1.82) is 0 Å². The molecular weight excluding hydrogens is 356 g/mol. The maximum absolute atomic E-state index is 12.6. The van der Waals surface area contributed by atoms with Crippen LogP contribution in [0.4, 0.5) is 0 Å². The third-order valence-corrected chi connectivity index (χ3v) is 5.04. The van der Waals surface area contributed by atoms with Gasteiger partial charge in [-0.2, -0.15) is 0 Å². The van der Waals surface area contributed by atoms with E-state index in [1.54, 1.807) is 11.8 Å². The molecule has 0 bridgehead atoms. The number of rotatable bonds is 6. The number of hydrogen-bond donors (Lipinski definition) is 1. The lowest BCUT2D eigenvalue weighted by Crippen LogP contribution is -2.23. The highest BCUT2D eigenvalue weighted by Crippen LogP contribution is 2.26. The van der Waals surface area contributed by atoms with Crippen LogP contribution in [0.15, 0.2) is 64.0 Å². The number of nitrogens with zero attached hydrogens (tertiary/aromatic N) is 1. The number of benzene rings is 2. The summed E-state index contributed by atoms with van der Waals surface area (Å²) >= 11 is 7.68. The lowest BCUT2D eigenvalue weighted by Gasteiger charge is -2.10. The van der Waals surface area contributed by atoms with E-state index in [1.165, 1.54) is 0 Å². The Kier molecular flexibility index (Phi) is 5.79. The topological polar surface area (TPSA) is 55.1 Å². The average Bonchev–Trinajstić information content (AvgIpc) is 3.04. The summed E-state index contributed by atoms with van der Waals surface area (Å²) in [5, 5.41) is 7.45. The molecule has 0 spiro atoms. The smallest absolute Gasteiger partial charge is 0.252 e. The Bertz CT molecular complexity index is 879. The van der Waals surface area contributed by atoms with Gasteiger partial charge in [-0.05, 0) is 30.7 Å². The molecule has 0 radical (unpaired) electrons. The molecule has 0 atom stereocenters. The number of nitrogens with one attached hydrogen (secondary N) is 1. The third-order valence-electron chi connectivity index (χ3n) is 3.58. The zero-order valence-electron chi connectivity index (χ0n) is 13.7. The Hall–Kier alpha value is -2.24. The van der Waals surface area contributed by atoms with Crippen molar-refractivity contribution in [3.05, 3.63) is 82.2 Å². The minimum Gasteiger partial charge on any atom is -0.360 e. The van der Waals surface area contributed by atoms with Crippen molar-refractivity contribution in [2.75, 3.05) is 0 Å². The van der Waals surface area contributed by atoms with Gasteiger partial charge in [0.05, 0.1) is 17.0 Å². The highest BCUT2D eigenvalue weighted by atomic mass is 35.5. The number of carbonyl (C=O) groups excluding carboxylic acids is 1. The Morgan fingerprint density at radius 1 is 1.20 bits per heavy atom. The Labute approximate surface area is 155 Å². The van der Waals surface area contributed by atoms with Gasteiger partial charge in [-0.25, -0.2) is 0 Å². The summed E-state index contributed by atoms with van der Waals surface area (Å²) in [6, 6.07) is 16.9. The second kappa shape index (κ2) is 8.23. The normalized spacial score (nSPS) is 10.6. The molecule has 3 rings (SSSR count). The summed E-state index contributed by atoms with van der Waals surface area (Å²) in [7, 11) is 0. The first kappa shape index (κ1) is 17.6. The molecule has 0 aliphatic carbocycles. The minimum atomic E-state index is -0.128. The van der Waals surface area contributed by atoms with Crippen molar-refractivity contribution in [1.82, 2.24) is 10.5 Å². The number of halogens is 1. The Morgan fingerprint density at radius 3 is 2.72 bits per heavy atom. The molecule has 4 nitrogen and oxygen atoms in total. The highest BCUT2D eigenvalue weighted by Gasteiger charge is 2.12. The summed E-state index contributed by atoms with van der Waals surface area (Å²) < 4.78 is 5.22. The van der Waals surface area contributed by atoms with Gasteiger partial charge < -0.3 is 9.84 Å². The molecule has 1 heterocycles. The van der Waals surface area contributed by atoms with Gasteiger partial charge in [0.15, 0.2) is 0 Å². The fourth-order valence-corrected chi connectivity index (χ4v) is 3.45. The van der Waals surface area contributed by atoms with Crippen molar-refractivity contribution < 1.29 is 9.32 Å². The van der Waals surface area contributed by atoms with Crippen LogP contribution in [0, 0.1) is 6.92 Å². The van der Waals surface area contributed by atoms with Crippen LogP contribution in [-0.4, -0.2) is 11.1 Å². The molecule has 128 valence electrons. The van der Waals surface area contributed by atoms with Gasteiger partial charge in [-0.3, -0.25) is 4.79 Å². The lowest BCUT2D eigenvalue weighted by atomic mass is 10.2. The first-order valence-corrected chi connectivity index (χ1v) is 9.15. The van der Waals surface area contributed by atoms with E-state index in [2.05, 4.69) is 10.5 Å². The zero-order chi connectivity index (χ0) is 17.6. The SMILES string of the molecule is Cc1cc(CSc2ccccc2C(=O)NCc2ccccc2Cl)on1. The van der Waals surface area contributed by atoms with E-state index in [0.717, 1.165) is 21.9 Å². The van der Waals surface area contributed by atoms with E-state index in [4.69, 9.17) is 16.1 Å². The van der Waals surface area contributed by atoms with Crippen LogP contribution < -0.4 is 5.32 Å².